The Balaban J connectivity index is 1.77. The van der Waals surface area contributed by atoms with Gasteiger partial charge in [-0.1, -0.05) is 78.9 Å². The van der Waals surface area contributed by atoms with Gasteiger partial charge in [-0.2, -0.15) is 0 Å². The third-order valence-electron chi connectivity index (χ3n) is 4.65. The Bertz CT molecular complexity index is 1190. The number of carbonyl (C=O) groups excluding carboxylic acids is 2. The first kappa shape index (κ1) is 17.5. The Morgan fingerprint density at radius 1 is 0.643 bits per heavy atom. The third kappa shape index (κ3) is 3.23. The number of carbonyl (C=O) groups is 2. The van der Waals surface area contributed by atoms with Crippen LogP contribution in [0.4, 0.5) is 5.69 Å². The second-order valence-corrected chi connectivity index (χ2v) is 6.36. The number of fused-ring (bicyclic) bond motifs is 1. The first-order chi connectivity index (χ1) is 13.6. The molecule has 4 heteroatoms. The molecule has 0 unspecified atom stereocenters. The van der Waals surface area contributed by atoms with E-state index >= 15 is 0 Å². The minimum atomic E-state index is -1.28. The maximum atomic E-state index is 13.1. The molecule has 0 heterocycles. The van der Waals surface area contributed by atoms with E-state index in [0.29, 0.717) is 22.4 Å². The summed E-state index contributed by atoms with van der Waals surface area (Å²) in [6.07, 6.45) is 0. The normalized spacial score (nSPS) is 10.6. The van der Waals surface area contributed by atoms with Gasteiger partial charge >= 0.3 is 0 Å². The highest BCUT2D eigenvalue weighted by molar-refractivity contribution is 6.13. The van der Waals surface area contributed by atoms with Gasteiger partial charge in [-0.3, -0.25) is 4.79 Å². The molecule has 0 aliphatic carbocycles. The zero-order valence-electron chi connectivity index (χ0n) is 14.9. The summed E-state index contributed by atoms with van der Waals surface area (Å²) in [4.78, 5) is 24.6. The molecule has 1 amide bonds. The number of nitrogens with one attached hydrogen (secondary N) is 1. The van der Waals surface area contributed by atoms with E-state index in [0.717, 1.165) is 10.8 Å². The Morgan fingerprint density at radius 2 is 1.21 bits per heavy atom. The highest BCUT2D eigenvalue weighted by atomic mass is 16.4. The topological polar surface area (TPSA) is 69.2 Å². The van der Waals surface area contributed by atoms with Crippen LogP contribution in [0, 0.1) is 0 Å². The lowest BCUT2D eigenvalue weighted by Gasteiger charge is -2.15. The second kappa shape index (κ2) is 7.37. The molecule has 0 saturated carbocycles. The molecule has 28 heavy (non-hydrogen) atoms. The fourth-order valence-corrected chi connectivity index (χ4v) is 3.34. The van der Waals surface area contributed by atoms with Crippen LogP contribution in [-0.4, -0.2) is 11.9 Å². The van der Waals surface area contributed by atoms with Crippen LogP contribution in [0.15, 0.2) is 91.0 Å². The van der Waals surface area contributed by atoms with Crippen LogP contribution in [0.25, 0.3) is 21.9 Å². The minimum Gasteiger partial charge on any atom is -0.545 e. The van der Waals surface area contributed by atoms with Crippen molar-refractivity contribution in [3.05, 3.63) is 102 Å². The molecule has 1 N–H and O–H groups in total. The van der Waals surface area contributed by atoms with Crippen molar-refractivity contribution in [3.8, 4) is 11.1 Å². The van der Waals surface area contributed by atoms with Crippen molar-refractivity contribution in [1.29, 1.82) is 0 Å². The molecule has 4 aromatic carbocycles. The molecule has 0 aliphatic heterocycles. The van der Waals surface area contributed by atoms with Crippen LogP contribution in [0.3, 0.4) is 0 Å². The highest BCUT2D eigenvalue weighted by Crippen LogP contribution is 2.29. The maximum absolute atomic E-state index is 13.1. The number of rotatable bonds is 4. The molecular formula is C24H16NO3-. The number of aromatic carboxylic acids is 1. The predicted octanol–water partition coefficient (Wildman–Crippen LogP) is 4.12. The SMILES string of the molecule is O=C([O-])c1ccccc1-c1ccccc1C(=O)Nc1cccc2ccccc12. The van der Waals surface area contributed by atoms with Gasteiger partial charge in [-0.05, 0) is 28.6 Å². The van der Waals surface area contributed by atoms with E-state index < -0.39 is 5.97 Å². The van der Waals surface area contributed by atoms with Crippen LogP contribution in [0.1, 0.15) is 20.7 Å². The number of hydrogen-bond donors (Lipinski definition) is 1. The van der Waals surface area contributed by atoms with E-state index in [1.807, 2.05) is 42.5 Å². The Labute approximate surface area is 162 Å². The van der Waals surface area contributed by atoms with E-state index in [1.165, 1.54) is 6.07 Å². The number of carboxylic acids is 1. The van der Waals surface area contributed by atoms with E-state index in [4.69, 9.17) is 0 Å². The molecule has 0 aliphatic rings. The van der Waals surface area contributed by atoms with Gasteiger partial charge < -0.3 is 15.2 Å². The maximum Gasteiger partial charge on any atom is 0.256 e. The van der Waals surface area contributed by atoms with Gasteiger partial charge in [0.25, 0.3) is 5.91 Å². The number of benzene rings is 4. The molecule has 0 spiro atoms. The quantitative estimate of drug-likeness (QED) is 0.591. The van der Waals surface area contributed by atoms with Crippen LogP contribution in [0.5, 0.6) is 0 Å². The monoisotopic (exact) mass is 366 g/mol. The number of anilines is 1. The van der Waals surface area contributed by atoms with Crippen LogP contribution in [-0.2, 0) is 0 Å². The van der Waals surface area contributed by atoms with Gasteiger partial charge in [0.2, 0.25) is 0 Å². The van der Waals surface area contributed by atoms with E-state index in [1.54, 1.807) is 42.5 Å². The highest BCUT2D eigenvalue weighted by Gasteiger charge is 2.16. The number of carboxylic acid groups (broad SMARTS) is 1. The lowest BCUT2D eigenvalue weighted by molar-refractivity contribution is -0.254. The lowest BCUT2D eigenvalue weighted by Crippen LogP contribution is -2.23. The summed E-state index contributed by atoms with van der Waals surface area (Å²) in [7, 11) is 0. The zero-order valence-corrected chi connectivity index (χ0v) is 14.9. The third-order valence-corrected chi connectivity index (χ3v) is 4.65. The predicted molar refractivity (Wildman–Crippen MR) is 108 cm³/mol. The molecule has 0 bridgehead atoms. The van der Waals surface area contributed by atoms with E-state index in [9.17, 15) is 14.7 Å². The molecular weight excluding hydrogens is 350 g/mol. The van der Waals surface area contributed by atoms with Crippen LogP contribution < -0.4 is 10.4 Å². The average molecular weight is 366 g/mol. The molecule has 0 aromatic heterocycles. The first-order valence-electron chi connectivity index (χ1n) is 8.84. The summed E-state index contributed by atoms with van der Waals surface area (Å²) < 4.78 is 0. The van der Waals surface area contributed by atoms with Crippen LogP contribution >= 0.6 is 0 Å². The van der Waals surface area contributed by atoms with Gasteiger partial charge in [0.1, 0.15) is 0 Å². The molecule has 136 valence electrons. The summed E-state index contributed by atoms with van der Waals surface area (Å²) in [6.45, 7) is 0. The van der Waals surface area contributed by atoms with Crippen molar-refractivity contribution < 1.29 is 14.7 Å². The second-order valence-electron chi connectivity index (χ2n) is 6.36. The molecule has 4 nitrogen and oxygen atoms in total. The summed E-state index contributed by atoms with van der Waals surface area (Å²) in [6, 6.07) is 27.0. The van der Waals surface area contributed by atoms with Gasteiger partial charge in [-0.15, -0.1) is 0 Å². The summed E-state index contributed by atoms with van der Waals surface area (Å²) >= 11 is 0. The van der Waals surface area contributed by atoms with Gasteiger partial charge in [0.05, 0.1) is 5.97 Å². The van der Waals surface area contributed by atoms with Gasteiger partial charge in [0.15, 0.2) is 0 Å². The van der Waals surface area contributed by atoms with E-state index in [2.05, 4.69) is 5.32 Å². The molecule has 0 saturated heterocycles. The molecule has 0 atom stereocenters. The van der Waals surface area contributed by atoms with Crippen molar-refractivity contribution in [2.75, 3.05) is 5.32 Å². The Morgan fingerprint density at radius 3 is 1.96 bits per heavy atom. The molecule has 0 fully saturated rings. The average Bonchev–Trinajstić information content (AvgIpc) is 2.74. The Hall–Kier alpha value is -3.92. The van der Waals surface area contributed by atoms with Crippen molar-refractivity contribution in [3.63, 3.8) is 0 Å². The zero-order chi connectivity index (χ0) is 19.5. The van der Waals surface area contributed by atoms with Gasteiger partial charge in [0, 0.05) is 22.2 Å². The van der Waals surface area contributed by atoms with Crippen LogP contribution in [0.2, 0.25) is 0 Å². The van der Waals surface area contributed by atoms with Gasteiger partial charge in [-0.25, -0.2) is 0 Å². The number of hydrogen-bond acceptors (Lipinski definition) is 3. The molecule has 4 aromatic rings. The number of amides is 1. The van der Waals surface area contributed by atoms with Crippen molar-refractivity contribution in [2.24, 2.45) is 0 Å². The standard InChI is InChI=1S/C24H17NO3/c26-23(25-22-15-7-9-16-8-1-2-10-17(16)22)20-13-5-3-11-18(20)19-12-4-6-14-21(19)24(27)28/h1-15H,(H,25,26)(H,27,28)/p-1. The summed E-state index contributed by atoms with van der Waals surface area (Å²) in [5, 5.41) is 16.4. The molecule has 4 rings (SSSR count). The summed E-state index contributed by atoms with van der Waals surface area (Å²) in [5.41, 5.74) is 2.13. The van der Waals surface area contributed by atoms with Crippen molar-refractivity contribution in [1.82, 2.24) is 0 Å². The largest absolute Gasteiger partial charge is 0.545 e. The van der Waals surface area contributed by atoms with Crippen molar-refractivity contribution in [2.45, 2.75) is 0 Å². The smallest absolute Gasteiger partial charge is 0.256 e. The minimum absolute atomic E-state index is 0.0490. The molecule has 0 radical (unpaired) electrons. The van der Waals surface area contributed by atoms with Crippen molar-refractivity contribution >= 4 is 28.3 Å². The van der Waals surface area contributed by atoms with E-state index in [-0.39, 0.29) is 11.5 Å². The fraction of sp³-hybridized carbons (Fsp3) is 0. The summed E-state index contributed by atoms with van der Waals surface area (Å²) in [5.74, 6) is -1.58. The Kier molecular flexibility index (Phi) is 4.60. The first-order valence-corrected chi connectivity index (χ1v) is 8.84. The fourth-order valence-electron chi connectivity index (χ4n) is 3.34. The lowest BCUT2D eigenvalue weighted by atomic mass is 9.95.